The highest BCUT2D eigenvalue weighted by Crippen LogP contribution is 2.23. The summed E-state index contributed by atoms with van der Waals surface area (Å²) in [5, 5.41) is 18.4. The highest BCUT2D eigenvalue weighted by molar-refractivity contribution is 6.04. The van der Waals surface area contributed by atoms with Gasteiger partial charge in [-0.15, -0.1) is 0 Å². The predicted octanol–water partition coefficient (Wildman–Crippen LogP) is 2.05. The molecule has 0 radical (unpaired) electrons. The number of H-pyrrole nitrogens is 1. The Bertz CT molecular complexity index is 590. The van der Waals surface area contributed by atoms with Crippen LogP contribution in [-0.4, -0.2) is 16.1 Å². The summed E-state index contributed by atoms with van der Waals surface area (Å²) in [6.07, 6.45) is 1.45. The SMILES string of the molecule is Cc1cc(C#N)cc2[nH]cc(C(=O)O)c12. The number of hydrogen-bond acceptors (Lipinski definition) is 2. The lowest BCUT2D eigenvalue weighted by Gasteiger charge is -1.98. The molecule has 1 aromatic carbocycles. The summed E-state index contributed by atoms with van der Waals surface area (Å²) < 4.78 is 0. The van der Waals surface area contributed by atoms with Gasteiger partial charge in [0.05, 0.1) is 17.2 Å². The number of fused-ring (bicyclic) bond motifs is 1. The third-order valence-corrected chi connectivity index (χ3v) is 2.34. The molecule has 0 amide bonds. The van der Waals surface area contributed by atoms with Crippen molar-refractivity contribution in [1.29, 1.82) is 5.26 Å². The molecule has 4 heteroatoms. The van der Waals surface area contributed by atoms with Crippen molar-refractivity contribution in [2.24, 2.45) is 0 Å². The standard InChI is InChI=1S/C11H8N2O2/c1-6-2-7(4-12)3-9-10(6)8(5-13-9)11(14)15/h2-3,5,13H,1H3,(H,14,15). The van der Waals surface area contributed by atoms with E-state index in [0.717, 1.165) is 5.56 Å². The third kappa shape index (κ3) is 1.34. The number of carboxylic acid groups (broad SMARTS) is 1. The summed E-state index contributed by atoms with van der Waals surface area (Å²) in [7, 11) is 0. The largest absolute Gasteiger partial charge is 0.478 e. The Labute approximate surface area is 85.8 Å². The lowest BCUT2D eigenvalue weighted by molar-refractivity contribution is 0.0699. The predicted molar refractivity (Wildman–Crippen MR) is 54.7 cm³/mol. The number of nitrogens with one attached hydrogen (secondary N) is 1. The number of aromatic carboxylic acids is 1. The number of aryl methyl sites for hydroxylation is 1. The minimum atomic E-state index is -0.964. The van der Waals surface area contributed by atoms with Crippen LogP contribution in [0.4, 0.5) is 0 Å². The number of hydrogen-bond donors (Lipinski definition) is 2. The zero-order valence-electron chi connectivity index (χ0n) is 8.03. The number of aromatic nitrogens is 1. The minimum Gasteiger partial charge on any atom is -0.478 e. The molecule has 0 spiro atoms. The number of nitrogens with zero attached hydrogens (tertiary/aromatic N) is 1. The molecule has 0 aliphatic rings. The van der Waals surface area contributed by atoms with E-state index in [4.69, 9.17) is 10.4 Å². The highest BCUT2D eigenvalue weighted by Gasteiger charge is 2.13. The molecule has 0 atom stereocenters. The molecule has 0 unspecified atom stereocenters. The van der Waals surface area contributed by atoms with Crippen LogP contribution in [0.1, 0.15) is 21.5 Å². The Balaban J connectivity index is 2.84. The van der Waals surface area contributed by atoms with Gasteiger partial charge in [0.25, 0.3) is 0 Å². The van der Waals surface area contributed by atoms with E-state index in [1.807, 2.05) is 6.07 Å². The van der Waals surface area contributed by atoms with Gasteiger partial charge in [0.1, 0.15) is 0 Å². The summed E-state index contributed by atoms with van der Waals surface area (Å²) in [4.78, 5) is 13.8. The number of rotatable bonds is 1. The van der Waals surface area contributed by atoms with Crippen LogP contribution in [0.15, 0.2) is 18.3 Å². The van der Waals surface area contributed by atoms with Gasteiger partial charge < -0.3 is 10.1 Å². The maximum absolute atomic E-state index is 10.9. The fourth-order valence-corrected chi connectivity index (χ4v) is 1.71. The molecule has 1 heterocycles. The molecule has 0 fully saturated rings. The van der Waals surface area contributed by atoms with Gasteiger partial charge in [0.15, 0.2) is 0 Å². The number of benzene rings is 1. The fourth-order valence-electron chi connectivity index (χ4n) is 1.71. The van der Waals surface area contributed by atoms with Crippen LogP contribution in [0.3, 0.4) is 0 Å². The van der Waals surface area contributed by atoms with Gasteiger partial charge in [0.2, 0.25) is 0 Å². The van der Waals surface area contributed by atoms with Gasteiger partial charge in [-0.3, -0.25) is 0 Å². The molecule has 0 aliphatic carbocycles. The quantitative estimate of drug-likeness (QED) is 0.739. The van der Waals surface area contributed by atoms with Crippen LogP contribution in [-0.2, 0) is 0 Å². The molecular formula is C11H8N2O2. The molecule has 15 heavy (non-hydrogen) atoms. The molecule has 0 saturated heterocycles. The Morgan fingerprint density at radius 1 is 1.53 bits per heavy atom. The Kier molecular flexibility index (Phi) is 1.94. The molecular weight excluding hydrogens is 192 g/mol. The molecule has 74 valence electrons. The van der Waals surface area contributed by atoms with Crippen LogP contribution >= 0.6 is 0 Å². The first-order valence-corrected chi connectivity index (χ1v) is 4.38. The minimum absolute atomic E-state index is 0.243. The van der Waals surface area contributed by atoms with E-state index < -0.39 is 5.97 Å². The van der Waals surface area contributed by atoms with Gasteiger partial charge in [0, 0.05) is 17.1 Å². The van der Waals surface area contributed by atoms with Crippen LogP contribution in [0, 0.1) is 18.3 Å². The van der Waals surface area contributed by atoms with Gasteiger partial charge in [-0.05, 0) is 24.6 Å². The highest BCUT2D eigenvalue weighted by atomic mass is 16.4. The molecule has 2 aromatic rings. The van der Waals surface area contributed by atoms with E-state index in [2.05, 4.69) is 4.98 Å². The Morgan fingerprint density at radius 3 is 2.87 bits per heavy atom. The summed E-state index contributed by atoms with van der Waals surface area (Å²) in [6.45, 7) is 1.80. The van der Waals surface area contributed by atoms with E-state index in [9.17, 15) is 4.79 Å². The van der Waals surface area contributed by atoms with E-state index in [-0.39, 0.29) is 5.56 Å². The normalized spacial score (nSPS) is 10.1. The first-order chi connectivity index (χ1) is 7.13. The third-order valence-electron chi connectivity index (χ3n) is 2.34. The van der Waals surface area contributed by atoms with E-state index in [1.165, 1.54) is 6.20 Å². The van der Waals surface area contributed by atoms with Gasteiger partial charge in [-0.1, -0.05) is 0 Å². The summed E-state index contributed by atoms with van der Waals surface area (Å²) in [5.41, 5.74) is 2.25. The smallest absolute Gasteiger partial charge is 0.337 e. The fraction of sp³-hybridized carbons (Fsp3) is 0.0909. The van der Waals surface area contributed by atoms with Gasteiger partial charge in [-0.2, -0.15) is 5.26 Å². The molecule has 0 bridgehead atoms. The summed E-state index contributed by atoms with van der Waals surface area (Å²) in [6, 6.07) is 5.36. The number of nitriles is 1. The summed E-state index contributed by atoms with van der Waals surface area (Å²) in [5.74, 6) is -0.964. The number of carbonyl (C=O) groups is 1. The van der Waals surface area contributed by atoms with Crippen molar-refractivity contribution in [2.45, 2.75) is 6.92 Å². The maximum Gasteiger partial charge on any atom is 0.337 e. The first-order valence-electron chi connectivity index (χ1n) is 4.38. The van der Waals surface area contributed by atoms with E-state index in [0.29, 0.717) is 16.5 Å². The Morgan fingerprint density at radius 2 is 2.27 bits per heavy atom. The Hall–Kier alpha value is -2.28. The molecule has 0 aliphatic heterocycles. The second kappa shape index (κ2) is 3.14. The van der Waals surface area contributed by atoms with Crippen molar-refractivity contribution in [3.63, 3.8) is 0 Å². The van der Waals surface area contributed by atoms with Crippen molar-refractivity contribution in [1.82, 2.24) is 4.98 Å². The summed E-state index contributed by atoms with van der Waals surface area (Å²) >= 11 is 0. The zero-order chi connectivity index (χ0) is 11.0. The maximum atomic E-state index is 10.9. The van der Waals surface area contributed by atoms with Gasteiger partial charge >= 0.3 is 5.97 Å². The number of carboxylic acids is 1. The van der Waals surface area contributed by atoms with Crippen molar-refractivity contribution in [2.75, 3.05) is 0 Å². The molecule has 4 nitrogen and oxygen atoms in total. The average Bonchev–Trinajstić information content (AvgIpc) is 2.61. The van der Waals surface area contributed by atoms with Crippen molar-refractivity contribution >= 4 is 16.9 Å². The molecule has 0 saturated carbocycles. The average molecular weight is 200 g/mol. The topological polar surface area (TPSA) is 76.9 Å². The van der Waals surface area contributed by atoms with Crippen LogP contribution < -0.4 is 0 Å². The molecule has 2 rings (SSSR count). The van der Waals surface area contributed by atoms with Crippen molar-refractivity contribution < 1.29 is 9.90 Å². The number of aromatic amines is 1. The van der Waals surface area contributed by atoms with Crippen LogP contribution in [0.5, 0.6) is 0 Å². The second-order valence-corrected chi connectivity index (χ2v) is 3.34. The van der Waals surface area contributed by atoms with Gasteiger partial charge in [-0.25, -0.2) is 4.79 Å². The zero-order valence-corrected chi connectivity index (χ0v) is 8.03. The van der Waals surface area contributed by atoms with E-state index >= 15 is 0 Å². The second-order valence-electron chi connectivity index (χ2n) is 3.34. The molecule has 1 aromatic heterocycles. The van der Waals surface area contributed by atoms with Crippen molar-refractivity contribution in [3.8, 4) is 6.07 Å². The van der Waals surface area contributed by atoms with Crippen LogP contribution in [0.25, 0.3) is 10.9 Å². The lowest BCUT2D eigenvalue weighted by Crippen LogP contribution is -1.95. The monoisotopic (exact) mass is 200 g/mol. The molecule has 2 N–H and O–H groups in total. The van der Waals surface area contributed by atoms with Crippen molar-refractivity contribution in [3.05, 3.63) is 35.0 Å². The first kappa shape index (κ1) is 9.28. The van der Waals surface area contributed by atoms with Crippen LogP contribution in [0.2, 0.25) is 0 Å². The lowest BCUT2D eigenvalue weighted by atomic mass is 10.0. The van der Waals surface area contributed by atoms with E-state index in [1.54, 1.807) is 19.1 Å².